The highest BCUT2D eigenvalue weighted by Gasteiger charge is 2.38. The second-order valence-electron chi connectivity index (χ2n) is 6.16. The molecule has 4 nitrogen and oxygen atoms in total. The van der Waals surface area contributed by atoms with Crippen LogP contribution in [0.15, 0.2) is 41.7 Å². The van der Waals surface area contributed by atoms with Crippen LogP contribution in [0, 0.1) is 5.41 Å². The summed E-state index contributed by atoms with van der Waals surface area (Å²) >= 11 is 0. The molecule has 0 amide bonds. The smallest absolute Gasteiger partial charge is 0.227 e. The van der Waals surface area contributed by atoms with Gasteiger partial charge in [0.05, 0.1) is 12.5 Å². The molecule has 0 unspecified atom stereocenters. The normalized spacial score (nSPS) is 15.0. The third kappa shape index (κ3) is 3.07. The van der Waals surface area contributed by atoms with Crippen LogP contribution in [-0.4, -0.2) is 23.8 Å². The number of Topliss-reactive ketones (excluding diaryl/α,β-unsaturated/α-hetero) is 1. The number of methoxy groups -OCH3 is 1. The van der Waals surface area contributed by atoms with Crippen LogP contribution < -0.4 is 4.74 Å². The molecule has 1 aromatic carbocycles. The molecule has 0 radical (unpaired) electrons. The Morgan fingerprint density at radius 2 is 2.09 bits per heavy atom. The third-order valence-electron chi connectivity index (χ3n) is 4.30. The maximum atomic E-state index is 12.4. The van der Waals surface area contributed by atoms with Crippen LogP contribution in [0.25, 0.3) is 0 Å². The molecule has 1 aromatic rings. The van der Waals surface area contributed by atoms with Gasteiger partial charge in [-0.05, 0) is 62.1 Å². The summed E-state index contributed by atoms with van der Waals surface area (Å²) in [7, 11) is 1.56. The highest BCUT2D eigenvalue weighted by Crippen LogP contribution is 2.38. The number of hydrogen-bond acceptors (Lipinski definition) is 4. The fourth-order valence-corrected chi connectivity index (χ4v) is 2.70. The maximum absolute atomic E-state index is 12.4. The van der Waals surface area contributed by atoms with Gasteiger partial charge in [-0.2, -0.15) is 0 Å². The first-order valence-electron chi connectivity index (χ1n) is 7.68. The van der Waals surface area contributed by atoms with Gasteiger partial charge in [0.25, 0.3) is 0 Å². The lowest BCUT2D eigenvalue weighted by Crippen LogP contribution is -2.31. The van der Waals surface area contributed by atoms with E-state index in [0.717, 1.165) is 12.0 Å². The van der Waals surface area contributed by atoms with Crippen LogP contribution in [0.1, 0.15) is 43.1 Å². The minimum atomic E-state index is -0.938. The first kappa shape index (κ1) is 17.0. The standard InChI is InChI=1S/C19H22O4/c1-5-6-7-16(20)19(2,3)15-11-12-10-13(23-4)8-9-14(12)17(21)18(15)22/h6-10,22H,5,11H2,1-4H3/b7-6-. The van der Waals surface area contributed by atoms with E-state index in [9.17, 15) is 14.7 Å². The predicted molar refractivity (Wildman–Crippen MR) is 88.9 cm³/mol. The molecule has 0 bridgehead atoms. The Balaban J connectivity index is 2.47. The van der Waals surface area contributed by atoms with Crippen molar-refractivity contribution in [3.63, 3.8) is 0 Å². The molecule has 4 heteroatoms. The molecule has 0 saturated carbocycles. The Morgan fingerprint density at radius 3 is 2.70 bits per heavy atom. The first-order chi connectivity index (χ1) is 10.8. The van der Waals surface area contributed by atoms with E-state index in [1.807, 2.05) is 6.92 Å². The second-order valence-corrected chi connectivity index (χ2v) is 6.16. The molecule has 2 rings (SSSR count). The zero-order valence-corrected chi connectivity index (χ0v) is 14.0. The molecular formula is C19H22O4. The van der Waals surface area contributed by atoms with Crippen molar-refractivity contribution in [1.29, 1.82) is 0 Å². The van der Waals surface area contributed by atoms with Crippen molar-refractivity contribution in [1.82, 2.24) is 0 Å². The zero-order chi connectivity index (χ0) is 17.2. The van der Waals surface area contributed by atoms with Gasteiger partial charge in [-0.15, -0.1) is 0 Å². The number of hydrogen-bond donors (Lipinski definition) is 1. The predicted octanol–water partition coefficient (Wildman–Crippen LogP) is 3.81. The molecule has 0 saturated heterocycles. The lowest BCUT2D eigenvalue weighted by Gasteiger charge is -2.30. The van der Waals surface area contributed by atoms with Crippen molar-refractivity contribution in [2.24, 2.45) is 5.41 Å². The van der Waals surface area contributed by atoms with Crippen LogP contribution in [-0.2, 0) is 11.2 Å². The Labute approximate surface area is 136 Å². The summed E-state index contributed by atoms with van der Waals surface area (Å²) in [4.78, 5) is 24.9. The topological polar surface area (TPSA) is 63.6 Å². The van der Waals surface area contributed by atoms with Crippen LogP contribution in [0.2, 0.25) is 0 Å². The van der Waals surface area contributed by atoms with Crippen molar-refractivity contribution in [2.45, 2.75) is 33.6 Å². The summed E-state index contributed by atoms with van der Waals surface area (Å²) in [5.74, 6) is -0.234. The van der Waals surface area contributed by atoms with Gasteiger partial charge in [-0.25, -0.2) is 0 Å². The molecule has 0 aliphatic heterocycles. The molecule has 23 heavy (non-hydrogen) atoms. The lowest BCUT2D eigenvalue weighted by atomic mass is 9.73. The van der Waals surface area contributed by atoms with Crippen LogP contribution in [0.3, 0.4) is 0 Å². The highest BCUT2D eigenvalue weighted by atomic mass is 16.5. The van der Waals surface area contributed by atoms with Gasteiger partial charge in [0.1, 0.15) is 5.75 Å². The summed E-state index contributed by atoms with van der Waals surface area (Å²) < 4.78 is 5.20. The van der Waals surface area contributed by atoms with E-state index in [0.29, 0.717) is 23.3 Å². The summed E-state index contributed by atoms with van der Waals surface area (Å²) in [6, 6.07) is 5.12. The van der Waals surface area contributed by atoms with E-state index in [-0.39, 0.29) is 11.5 Å². The Bertz CT molecular complexity index is 708. The maximum Gasteiger partial charge on any atom is 0.227 e. The monoisotopic (exact) mass is 314 g/mol. The minimum absolute atomic E-state index is 0.125. The van der Waals surface area contributed by atoms with Crippen LogP contribution in [0.5, 0.6) is 5.75 Å². The van der Waals surface area contributed by atoms with E-state index < -0.39 is 11.2 Å². The number of benzene rings is 1. The number of ketones is 2. The molecule has 1 N–H and O–H groups in total. The first-order valence-corrected chi connectivity index (χ1v) is 7.68. The van der Waals surface area contributed by atoms with Gasteiger partial charge in [0.15, 0.2) is 11.5 Å². The van der Waals surface area contributed by atoms with Gasteiger partial charge < -0.3 is 9.84 Å². The zero-order valence-electron chi connectivity index (χ0n) is 14.0. The molecule has 0 aromatic heterocycles. The van der Waals surface area contributed by atoms with Crippen LogP contribution >= 0.6 is 0 Å². The fourth-order valence-electron chi connectivity index (χ4n) is 2.70. The highest BCUT2D eigenvalue weighted by molar-refractivity contribution is 6.11. The Hall–Kier alpha value is -2.36. The molecule has 0 atom stereocenters. The lowest BCUT2D eigenvalue weighted by molar-refractivity contribution is -0.120. The van der Waals surface area contributed by atoms with E-state index in [1.165, 1.54) is 6.08 Å². The molecule has 0 fully saturated rings. The van der Waals surface area contributed by atoms with Crippen molar-refractivity contribution >= 4 is 11.6 Å². The van der Waals surface area contributed by atoms with Gasteiger partial charge >= 0.3 is 0 Å². The van der Waals surface area contributed by atoms with Gasteiger partial charge in [0, 0.05) is 5.56 Å². The average molecular weight is 314 g/mol. The molecule has 0 spiro atoms. The number of fused-ring (bicyclic) bond motifs is 1. The number of aliphatic hydroxyl groups excluding tert-OH is 1. The Morgan fingerprint density at radius 1 is 1.39 bits per heavy atom. The van der Waals surface area contributed by atoms with Crippen molar-refractivity contribution in [3.05, 3.63) is 52.8 Å². The largest absolute Gasteiger partial charge is 0.504 e. The number of ether oxygens (including phenoxy) is 1. The second kappa shape index (κ2) is 6.41. The van der Waals surface area contributed by atoms with E-state index in [4.69, 9.17) is 4.74 Å². The molecule has 122 valence electrons. The number of allylic oxidation sites excluding steroid dienone is 4. The quantitative estimate of drug-likeness (QED) is 0.839. The van der Waals surface area contributed by atoms with Gasteiger partial charge in [-0.3, -0.25) is 9.59 Å². The fraction of sp³-hybridized carbons (Fsp3) is 0.368. The van der Waals surface area contributed by atoms with Gasteiger partial charge in [0.2, 0.25) is 5.78 Å². The molecular weight excluding hydrogens is 292 g/mol. The van der Waals surface area contributed by atoms with Crippen molar-refractivity contribution in [3.8, 4) is 5.75 Å². The SMILES string of the molecule is CC/C=C\C(=O)C(C)(C)C1=C(O)C(=O)c2ccc(OC)cc2C1. The summed E-state index contributed by atoms with van der Waals surface area (Å²) in [5.41, 5.74) is 0.738. The van der Waals surface area contributed by atoms with Crippen molar-refractivity contribution in [2.75, 3.05) is 7.11 Å². The molecule has 0 heterocycles. The minimum Gasteiger partial charge on any atom is -0.504 e. The van der Waals surface area contributed by atoms with E-state index >= 15 is 0 Å². The molecule has 1 aliphatic rings. The number of aliphatic hydroxyl groups is 1. The third-order valence-corrected chi connectivity index (χ3v) is 4.30. The number of rotatable bonds is 5. The average Bonchev–Trinajstić information content (AvgIpc) is 2.54. The van der Waals surface area contributed by atoms with E-state index in [2.05, 4.69) is 0 Å². The summed E-state index contributed by atoms with van der Waals surface area (Å²) in [6.45, 7) is 5.42. The van der Waals surface area contributed by atoms with Gasteiger partial charge in [-0.1, -0.05) is 13.0 Å². The van der Waals surface area contributed by atoms with Crippen molar-refractivity contribution < 1.29 is 19.4 Å². The number of carbonyl (C=O) groups is 2. The molecule has 1 aliphatic carbocycles. The van der Waals surface area contributed by atoms with Crippen LogP contribution in [0.4, 0.5) is 0 Å². The summed E-state index contributed by atoms with van der Waals surface area (Å²) in [6.07, 6.45) is 4.41. The Kier molecular flexibility index (Phi) is 4.73. The number of carbonyl (C=O) groups excluding carboxylic acids is 2. The van der Waals surface area contributed by atoms with E-state index in [1.54, 1.807) is 45.2 Å². The summed E-state index contributed by atoms with van der Waals surface area (Å²) in [5, 5.41) is 10.3.